The summed E-state index contributed by atoms with van der Waals surface area (Å²) in [6, 6.07) is 20.0. The predicted octanol–water partition coefficient (Wildman–Crippen LogP) is 6.17. The zero-order valence-corrected chi connectivity index (χ0v) is 17.6. The van der Waals surface area contributed by atoms with Gasteiger partial charge in [0.1, 0.15) is 6.04 Å². The van der Waals surface area contributed by atoms with Crippen molar-refractivity contribution in [1.82, 2.24) is 9.55 Å². The zero-order chi connectivity index (χ0) is 20.2. The number of rotatable bonds is 2. The Hall–Kier alpha value is -2.89. The molecule has 2 aromatic heterocycles. The second kappa shape index (κ2) is 6.83. The van der Waals surface area contributed by atoms with Crippen LogP contribution in [0, 0.1) is 0 Å². The summed E-state index contributed by atoms with van der Waals surface area (Å²) in [5, 5.41) is 6.29. The summed E-state index contributed by atoms with van der Waals surface area (Å²) < 4.78 is 2.18. The number of carbonyl (C=O) groups excluding carboxylic acids is 1. The van der Waals surface area contributed by atoms with Crippen molar-refractivity contribution in [2.75, 3.05) is 5.32 Å². The number of halogens is 1. The number of allylic oxidation sites excluding steroid dienone is 2. The van der Waals surface area contributed by atoms with Crippen molar-refractivity contribution in [3.63, 3.8) is 0 Å². The second-order valence-electron chi connectivity index (χ2n) is 7.81. The number of hydrogen-bond acceptors (Lipinski definition) is 4. The highest BCUT2D eigenvalue weighted by Crippen LogP contribution is 2.46. The second-order valence-corrected chi connectivity index (χ2v) is 9.22. The van der Waals surface area contributed by atoms with E-state index in [9.17, 15) is 4.79 Å². The Labute approximate surface area is 182 Å². The van der Waals surface area contributed by atoms with Crippen molar-refractivity contribution < 1.29 is 4.79 Å². The minimum atomic E-state index is -0.137. The molecule has 0 saturated carbocycles. The third kappa shape index (κ3) is 2.73. The number of nitrogens with one attached hydrogen (secondary N) is 1. The van der Waals surface area contributed by atoms with Crippen LogP contribution in [0.1, 0.15) is 35.2 Å². The maximum Gasteiger partial charge on any atom is 0.209 e. The highest BCUT2D eigenvalue weighted by atomic mass is 35.5. The summed E-state index contributed by atoms with van der Waals surface area (Å²) >= 11 is 7.75. The fraction of sp³-hybridized carbons (Fsp3) is 0.167. The van der Waals surface area contributed by atoms with E-state index >= 15 is 0 Å². The number of carbonyl (C=O) groups is 1. The number of Topliss-reactive ketones (excluding diaryl/α,β-unsaturated/α-hetero) is 1. The molecule has 0 unspecified atom stereocenters. The van der Waals surface area contributed by atoms with Crippen LogP contribution in [0.2, 0.25) is 5.02 Å². The summed E-state index contributed by atoms with van der Waals surface area (Å²) in [5.41, 5.74) is 4.99. The molecule has 0 bridgehead atoms. The molecule has 0 radical (unpaired) electrons. The van der Waals surface area contributed by atoms with Crippen LogP contribution in [0.4, 0.5) is 5.95 Å². The maximum absolute atomic E-state index is 13.5. The van der Waals surface area contributed by atoms with E-state index in [1.165, 1.54) is 0 Å². The first-order chi connectivity index (χ1) is 14.7. The molecule has 4 nitrogen and oxygen atoms in total. The van der Waals surface area contributed by atoms with E-state index in [1.807, 2.05) is 48.5 Å². The van der Waals surface area contributed by atoms with Gasteiger partial charge in [0.25, 0.3) is 0 Å². The van der Waals surface area contributed by atoms with E-state index < -0.39 is 0 Å². The Kier molecular flexibility index (Phi) is 4.08. The van der Waals surface area contributed by atoms with Gasteiger partial charge >= 0.3 is 0 Å². The van der Waals surface area contributed by atoms with E-state index in [0.29, 0.717) is 11.4 Å². The third-order valence-corrected chi connectivity index (χ3v) is 7.23. The molecule has 1 N–H and O–H groups in total. The Morgan fingerprint density at radius 2 is 1.87 bits per heavy atom. The van der Waals surface area contributed by atoms with Crippen LogP contribution in [0.15, 0.2) is 77.3 Å². The largest absolute Gasteiger partial charge is 0.329 e. The number of anilines is 1. The van der Waals surface area contributed by atoms with Gasteiger partial charge in [-0.3, -0.25) is 9.36 Å². The molecule has 2 aliphatic rings. The van der Waals surface area contributed by atoms with Gasteiger partial charge in [-0.15, -0.1) is 11.3 Å². The lowest BCUT2D eigenvalue weighted by Crippen LogP contribution is -2.32. The molecule has 0 fully saturated rings. The molecule has 1 aliphatic heterocycles. The molecule has 2 aromatic carbocycles. The molecule has 0 amide bonds. The van der Waals surface area contributed by atoms with Crippen LogP contribution in [-0.2, 0) is 4.79 Å². The van der Waals surface area contributed by atoms with Crippen molar-refractivity contribution in [3.05, 3.63) is 92.8 Å². The number of thiophene rings is 1. The van der Waals surface area contributed by atoms with Crippen molar-refractivity contribution in [2.24, 2.45) is 0 Å². The van der Waals surface area contributed by atoms with Crippen LogP contribution in [0.5, 0.6) is 0 Å². The number of para-hydroxylation sites is 2. The van der Waals surface area contributed by atoms with Crippen LogP contribution < -0.4 is 5.32 Å². The zero-order valence-electron chi connectivity index (χ0n) is 16.0. The van der Waals surface area contributed by atoms with E-state index in [4.69, 9.17) is 16.6 Å². The quantitative estimate of drug-likeness (QED) is 0.413. The van der Waals surface area contributed by atoms with Gasteiger partial charge in [-0.2, -0.15) is 0 Å². The Balaban J connectivity index is 1.50. The topological polar surface area (TPSA) is 46.9 Å². The number of benzene rings is 2. The molecule has 2 atom stereocenters. The van der Waals surface area contributed by atoms with Crippen molar-refractivity contribution >= 4 is 45.7 Å². The number of imidazole rings is 1. The fourth-order valence-corrected chi connectivity index (χ4v) is 5.66. The molecule has 148 valence electrons. The Morgan fingerprint density at radius 3 is 2.67 bits per heavy atom. The first-order valence-corrected chi connectivity index (χ1v) is 11.2. The summed E-state index contributed by atoms with van der Waals surface area (Å²) in [6.07, 6.45) is 1.29. The number of nitrogens with zero attached hydrogens (tertiary/aromatic N) is 2. The first-order valence-electron chi connectivity index (χ1n) is 9.98. The number of fused-ring (bicyclic) bond motifs is 3. The Morgan fingerprint density at radius 1 is 1.03 bits per heavy atom. The molecule has 30 heavy (non-hydrogen) atoms. The standard InChI is InChI=1S/C24H18ClN3OS/c25-16-9-7-14(8-10-16)15-12-18-22(20(29)13-15)23(21-6-3-11-30-21)28-19-5-2-1-4-17(19)26-24(28)27-18/h1-11,15,23H,12-13H2,(H,26,27)/t15-,23-/m0/s1. The average molecular weight is 432 g/mol. The van der Waals surface area contributed by atoms with Gasteiger partial charge in [0, 0.05) is 27.6 Å². The van der Waals surface area contributed by atoms with Gasteiger partial charge in [-0.25, -0.2) is 4.98 Å². The van der Waals surface area contributed by atoms with Gasteiger partial charge in [0.15, 0.2) is 5.78 Å². The SMILES string of the molecule is O=C1C[C@@H](c2ccc(Cl)cc2)CC2=C1[C@H](c1cccs1)n1c(nc3ccccc31)N2. The highest BCUT2D eigenvalue weighted by molar-refractivity contribution is 7.10. The van der Waals surface area contributed by atoms with E-state index in [1.54, 1.807) is 11.3 Å². The molecular formula is C24H18ClN3OS. The van der Waals surface area contributed by atoms with Crippen LogP contribution in [-0.4, -0.2) is 15.3 Å². The summed E-state index contributed by atoms with van der Waals surface area (Å²) in [7, 11) is 0. The van der Waals surface area contributed by atoms with Gasteiger partial charge < -0.3 is 5.32 Å². The third-order valence-electron chi connectivity index (χ3n) is 6.05. The molecule has 0 spiro atoms. The van der Waals surface area contributed by atoms with Gasteiger partial charge in [0.2, 0.25) is 5.95 Å². The van der Waals surface area contributed by atoms with Gasteiger partial charge in [-0.1, -0.05) is 41.9 Å². The van der Waals surface area contributed by atoms with Crippen molar-refractivity contribution in [1.29, 1.82) is 0 Å². The normalized spacial score (nSPS) is 20.8. The number of aromatic nitrogens is 2. The first kappa shape index (κ1) is 17.9. The van der Waals surface area contributed by atoms with Gasteiger partial charge in [-0.05, 0) is 53.6 Å². The Bertz CT molecular complexity index is 1300. The lowest BCUT2D eigenvalue weighted by atomic mass is 9.79. The van der Waals surface area contributed by atoms with E-state index in [2.05, 4.69) is 27.4 Å². The monoisotopic (exact) mass is 431 g/mol. The highest BCUT2D eigenvalue weighted by Gasteiger charge is 2.39. The fourth-order valence-electron chi connectivity index (χ4n) is 4.71. The summed E-state index contributed by atoms with van der Waals surface area (Å²) in [4.78, 5) is 19.5. The van der Waals surface area contributed by atoms with Crippen molar-refractivity contribution in [2.45, 2.75) is 24.8 Å². The number of ketones is 1. The number of hydrogen-bond donors (Lipinski definition) is 1. The molecule has 4 aromatic rings. The molecule has 1 aliphatic carbocycles. The lowest BCUT2D eigenvalue weighted by molar-refractivity contribution is -0.116. The smallest absolute Gasteiger partial charge is 0.209 e. The van der Waals surface area contributed by atoms with Crippen LogP contribution >= 0.6 is 22.9 Å². The molecule has 6 rings (SSSR count). The minimum absolute atomic E-state index is 0.137. The van der Waals surface area contributed by atoms with Crippen molar-refractivity contribution in [3.8, 4) is 0 Å². The molecule has 6 heteroatoms. The van der Waals surface area contributed by atoms with Crippen LogP contribution in [0.25, 0.3) is 11.0 Å². The average Bonchev–Trinajstić information content (AvgIpc) is 3.40. The lowest BCUT2D eigenvalue weighted by Gasteiger charge is -2.35. The maximum atomic E-state index is 13.5. The van der Waals surface area contributed by atoms with E-state index in [-0.39, 0.29) is 17.7 Å². The molecule has 0 saturated heterocycles. The predicted molar refractivity (Wildman–Crippen MR) is 121 cm³/mol. The van der Waals surface area contributed by atoms with Gasteiger partial charge in [0.05, 0.1) is 11.0 Å². The summed E-state index contributed by atoms with van der Waals surface area (Å²) in [6.45, 7) is 0. The minimum Gasteiger partial charge on any atom is -0.329 e. The molecular weight excluding hydrogens is 414 g/mol. The van der Waals surface area contributed by atoms with E-state index in [0.717, 1.165) is 45.1 Å². The summed E-state index contributed by atoms with van der Waals surface area (Å²) in [5.74, 6) is 1.14. The van der Waals surface area contributed by atoms with Crippen LogP contribution in [0.3, 0.4) is 0 Å². The molecule has 3 heterocycles.